The first-order chi connectivity index (χ1) is 5.43. The zero-order valence-electron chi connectivity index (χ0n) is 7.63. The topological polar surface area (TPSA) is 20.2 Å². The van der Waals surface area contributed by atoms with E-state index in [0.29, 0.717) is 4.90 Å². The minimum atomic E-state index is 0.0375. The van der Waals surface area contributed by atoms with Crippen LogP contribution in [0.2, 0.25) is 0 Å². The third kappa shape index (κ3) is 1.75. The van der Waals surface area contributed by atoms with Crippen LogP contribution in [0.25, 0.3) is 0 Å². The lowest BCUT2D eigenvalue weighted by Crippen LogP contribution is -2.11. The van der Waals surface area contributed by atoms with Crippen LogP contribution in [-0.4, -0.2) is 5.11 Å². The van der Waals surface area contributed by atoms with E-state index in [1.165, 1.54) is 0 Å². The lowest BCUT2D eigenvalue weighted by molar-refractivity contribution is 0.454. The van der Waals surface area contributed by atoms with Crippen molar-refractivity contribution in [2.24, 2.45) is 0 Å². The zero-order valence-corrected chi connectivity index (χ0v) is 8.52. The highest BCUT2D eigenvalue weighted by Crippen LogP contribution is 2.33. The normalized spacial score (nSPS) is 11.7. The first kappa shape index (κ1) is 9.46. The summed E-state index contributed by atoms with van der Waals surface area (Å²) in [5.41, 5.74) is 1.11. The standard InChI is InChI=1S/C10H14OS/c1-10(2,3)7-5-4-6-8(11)9(7)12/h4-6,11-12H,1-3H3. The second kappa shape index (κ2) is 3.02. The summed E-state index contributed by atoms with van der Waals surface area (Å²) in [7, 11) is 0. The predicted molar refractivity (Wildman–Crippen MR) is 54.1 cm³/mol. The molecule has 0 saturated heterocycles. The fraction of sp³-hybridized carbons (Fsp3) is 0.400. The molecule has 1 aromatic carbocycles. The molecule has 0 amide bonds. The van der Waals surface area contributed by atoms with E-state index in [0.717, 1.165) is 5.56 Å². The van der Waals surface area contributed by atoms with E-state index in [1.54, 1.807) is 6.07 Å². The van der Waals surface area contributed by atoms with Gasteiger partial charge in [0.15, 0.2) is 0 Å². The van der Waals surface area contributed by atoms with E-state index >= 15 is 0 Å². The number of benzene rings is 1. The van der Waals surface area contributed by atoms with E-state index in [2.05, 4.69) is 33.4 Å². The number of thiol groups is 1. The van der Waals surface area contributed by atoms with E-state index in [4.69, 9.17) is 0 Å². The highest BCUT2D eigenvalue weighted by molar-refractivity contribution is 7.80. The van der Waals surface area contributed by atoms with Crippen LogP contribution in [0.5, 0.6) is 5.75 Å². The number of hydrogen-bond donors (Lipinski definition) is 2. The van der Waals surface area contributed by atoms with Gasteiger partial charge in [0.05, 0.1) is 0 Å². The molecule has 1 rings (SSSR count). The monoisotopic (exact) mass is 182 g/mol. The molecule has 1 N–H and O–H groups in total. The average molecular weight is 182 g/mol. The number of phenolic OH excluding ortho intramolecular Hbond substituents is 1. The SMILES string of the molecule is CC(C)(C)c1cccc(O)c1S. The number of rotatable bonds is 0. The van der Waals surface area contributed by atoms with E-state index in [9.17, 15) is 5.11 Å². The van der Waals surface area contributed by atoms with Crippen molar-refractivity contribution in [1.29, 1.82) is 0 Å². The third-order valence-electron chi connectivity index (χ3n) is 1.82. The van der Waals surface area contributed by atoms with Gasteiger partial charge < -0.3 is 5.11 Å². The summed E-state index contributed by atoms with van der Waals surface area (Å²) in [6.07, 6.45) is 0. The van der Waals surface area contributed by atoms with Gasteiger partial charge in [0.1, 0.15) is 5.75 Å². The molecule has 0 aliphatic carbocycles. The molecule has 0 aliphatic heterocycles. The average Bonchev–Trinajstić information content (AvgIpc) is 1.92. The first-order valence-corrected chi connectivity index (χ1v) is 4.39. The van der Waals surface area contributed by atoms with Gasteiger partial charge in [-0.2, -0.15) is 0 Å². The van der Waals surface area contributed by atoms with Gasteiger partial charge >= 0.3 is 0 Å². The molecule has 0 unspecified atom stereocenters. The molecule has 0 spiro atoms. The number of hydrogen-bond acceptors (Lipinski definition) is 2. The Hall–Kier alpha value is -0.630. The van der Waals surface area contributed by atoms with Gasteiger partial charge in [-0.15, -0.1) is 12.6 Å². The Balaban J connectivity index is 3.26. The predicted octanol–water partition coefficient (Wildman–Crippen LogP) is 2.98. The molecule has 0 fully saturated rings. The van der Waals surface area contributed by atoms with Crippen LogP contribution in [0.3, 0.4) is 0 Å². The summed E-state index contributed by atoms with van der Waals surface area (Å²) in [5, 5.41) is 9.39. The van der Waals surface area contributed by atoms with Crippen molar-refractivity contribution < 1.29 is 5.11 Å². The molecule has 12 heavy (non-hydrogen) atoms. The van der Waals surface area contributed by atoms with Gasteiger partial charge in [-0.1, -0.05) is 32.9 Å². The highest BCUT2D eigenvalue weighted by Gasteiger charge is 2.17. The van der Waals surface area contributed by atoms with Crippen LogP contribution in [0, 0.1) is 0 Å². The molecule has 66 valence electrons. The van der Waals surface area contributed by atoms with Crippen molar-refractivity contribution in [2.75, 3.05) is 0 Å². The van der Waals surface area contributed by atoms with Crippen molar-refractivity contribution in [3.05, 3.63) is 23.8 Å². The van der Waals surface area contributed by atoms with Gasteiger partial charge in [-0.05, 0) is 17.0 Å². The van der Waals surface area contributed by atoms with Gasteiger partial charge in [0, 0.05) is 4.90 Å². The molecular weight excluding hydrogens is 168 g/mol. The van der Waals surface area contributed by atoms with E-state index in [1.807, 2.05) is 12.1 Å². The summed E-state index contributed by atoms with van der Waals surface area (Å²) in [6.45, 7) is 6.30. The van der Waals surface area contributed by atoms with Crippen molar-refractivity contribution in [1.82, 2.24) is 0 Å². The van der Waals surface area contributed by atoms with Crippen LogP contribution in [0.4, 0.5) is 0 Å². The van der Waals surface area contributed by atoms with Crippen LogP contribution >= 0.6 is 12.6 Å². The van der Waals surface area contributed by atoms with Crippen LogP contribution in [0.15, 0.2) is 23.1 Å². The second-order valence-corrected chi connectivity index (χ2v) is 4.37. The Kier molecular flexibility index (Phi) is 2.38. The zero-order chi connectivity index (χ0) is 9.35. The maximum Gasteiger partial charge on any atom is 0.129 e. The Morgan fingerprint density at radius 3 is 2.25 bits per heavy atom. The Morgan fingerprint density at radius 1 is 1.25 bits per heavy atom. The van der Waals surface area contributed by atoms with Gasteiger partial charge in [0.2, 0.25) is 0 Å². The van der Waals surface area contributed by atoms with Gasteiger partial charge in [-0.3, -0.25) is 0 Å². The fourth-order valence-electron chi connectivity index (χ4n) is 1.14. The molecule has 0 heterocycles. The van der Waals surface area contributed by atoms with Crippen molar-refractivity contribution in [2.45, 2.75) is 31.1 Å². The van der Waals surface area contributed by atoms with Crippen molar-refractivity contribution in [3.8, 4) is 5.75 Å². The second-order valence-electron chi connectivity index (χ2n) is 3.92. The molecule has 1 nitrogen and oxygen atoms in total. The minimum Gasteiger partial charge on any atom is -0.507 e. The number of aromatic hydroxyl groups is 1. The summed E-state index contributed by atoms with van der Waals surface area (Å²) in [4.78, 5) is 0.685. The van der Waals surface area contributed by atoms with Crippen LogP contribution in [0.1, 0.15) is 26.3 Å². The Bertz CT molecular complexity index is 286. The molecule has 0 radical (unpaired) electrons. The summed E-state index contributed by atoms with van der Waals surface area (Å²) in [6, 6.07) is 5.48. The highest BCUT2D eigenvalue weighted by atomic mass is 32.1. The summed E-state index contributed by atoms with van der Waals surface area (Å²) >= 11 is 4.25. The molecule has 0 bridgehead atoms. The largest absolute Gasteiger partial charge is 0.507 e. The lowest BCUT2D eigenvalue weighted by atomic mass is 9.87. The molecule has 0 aliphatic rings. The summed E-state index contributed by atoms with van der Waals surface area (Å²) < 4.78 is 0. The van der Waals surface area contributed by atoms with Gasteiger partial charge in [-0.25, -0.2) is 0 Å². The fourth-order valence-corrected chi connectivity index (χ4v) is 1.62. The van der Waals surface area contributed by atoms with Gasteiger partial charge in [0.25, 0.3) is 0 Å². The molecular formula is C10H14OS. The molecule has 1 aromatic rings. The maximum absolute atomic E-state index is 9.39. The quantitative estimate of drug-likeness (QED) is 0.591. The Morgan fingerprint density at radius 2 is 1.83 bits per heavy atom. The molecule has 2 heteroatoms. The molecule has 0 saturated carbocycles. The van der Waals surface area contributed by atoms with Crippen LogP contribution in [-0.2, 0) is 5.41 Å². The molecule has 0 atom stereocenters. The van der Waals surface area contributed by atoms with Crippen LogP contribution < -0.4 is 0 Å². The first-order valence-electron chi connectivity index (χ1n) is 3.94. The van der Waals surface area contributed by atoms with E-state index < -0.39 is 0 Å². The van der Waals surface area contributed by atoms with E-state index in [-0.39, 0.29) is 11.2 Å². The molecule has 0 aromatic heterocycles. The third-order valence-corrected chi connectivity index (χ3v) is 2.29. The van der Waals surface area contributed by atoms with Crippen molar-refractivity contribution in [3.63, 3.8) is 0 Å². The minimum absolute atomic E-state index is 0.0375. The number of phenols is 1. The van der Waals surface area contributed by atoms with Crippen molar-refractivity contribution >= 4 is 12.6 Å². The Labute approximate surface area is 78.8 Å². The summed E-state index contributed by atoms with van der Waals surface area (Å²) in [5.74, 6) is 0.255. The maximum atomic E-state index is 9.39. The lowest BCUT2D eigenvalue weighted by Gasteiger charge is -2.21. The smallest absolute Gasteiger partial charge is 0.129 e.